The van der Waals surface area contributed by atoms with Gasteiger partial charge in [-0.05, 0) is 62.6 Å². The number of hydrogen-bond acceptors (Lipinski definition) is 4. The molecule has 0 radical (unpaired) electrons. The molecule has 2 heterocycles. The number of aryl methyl sites for hydroxylation is 2. The number of amides is 2. The average Bonchev–Trinajstić information content (AvgIpc) is 3.18. The smallest absolute Gasteiger partial charge is 0.224 e. The Morgan fingerprint density at radius 1 is 1.03 bits per heavy atom. The van der Waals surface area contributed by atoms with Crippen LogP contribution in [0.15, 0.2) is 48.5 Å². The van der Waals surface area contributed by atoms with Gasteiger partial charge in [0.1, 0.15) is 0 Å². The van der Waals surface area contributed by atoms with E-state index < -0.39 is 0 Å². The molecule has 1 unspecified atom stereocenters. The largest absolute Gasteiger partial charge is 0.350 e. The fourth-order valence-corrected chi connectivity index (χ4v) is 4.08. The molecule has 0 aliphatic carbocycles. The van der Waals surface area contributed by atoms with Crippen molar-refractivity contribution in [2.45, 2.75) is 53.0 Å². The molecule has 0 saturated heterocycles. The minimum absolute atomic E-state index is 0.0182. The van der Waals surface area contributed by atoms with E-state index in [-0.39, 0.29) is 17.9 Å². The predicted molar refractivity (Wildman–Crippen MR) is 130 cm³/mol. The molecule has 7 nitrogen and oxygen atoms in total. The summed E-state index contributed by atoms with van der Waals surface area (Å²) in [6.07, 6.45) is 1.40. The monoisotopic (exact) mass is 443 g/mol. The summed E-state index contributed by atoms with van der Waals surface area (Å²) in [5, 5.41) is 11.6. The van der Waals surface area contributed by atoms with E-state index in [0.717, 1.165) is 44.8 Å². The molecule has 0 fully saturated rings. The second-order valence-corrected chi connectivity index (χ2v) is 8.33. The Labute approximate surface area is 193 Å². The van der Waals surface area contributed by atoms with Crippen LogP contribution in [0.2, 0.25) is 0 Å². The molecular weight excluding hydrogens is 414 g/mol. The summed E-state index contributed by atoms with van der Waals surface area (Å²) in [5.74, 6) is -0.0408. The van der Waals surface area contributed by atoms with E-state index in [0.29, 0.717) is 19.3 Å². The standard InChI is InChI=1S/C26H29N5O2/c1-5-24(32)29-20-12-10-19(11-13-20)16(2)27-25(33)15-14-21-17(3)28-26-22-8-6-7-9-23(22)30-31(26)18(21)4/h6-13,16H,5,14-15H2,1-4H3,(H,27,33)(H,29,32). The lowest BCUT2D eigenvalue weighted by Gasteiger charge is -2.16. The highest BCUT2D eigenvalue weighted by molar-refractivity contribution is 5.92. The van der Waals surface area contributed by atoms with Gasteiger partial charge in [0.15, 0.2) is 5.65 Å². The minimum atomic E-state index is -0.132. The molecule has 7 heteroatoms. The lowest BCUT2D eigenvalue weighted by atomic mass is 10.0. The maximum Gasteiger partial charge on any atom is 0.224 e. The van der Waals surface area contributed by atoms with Crippen LogP contribution in [0.1, 0.15) is 55.2 Å². The summed E-state index contributed by atoms with van der Waals surface area (Å²) >= 11 is 0. The maximum absolute atomic E-state index is 12.7. The summed E-state index contributed by atoms with van der Waals surface area (Å²) < 4.78 is 1.88. The zero-order valence-corrected chi connectivity index (χ0v) is 19.5. The Balaban J connectivity index is 1.42. The molecule has 2 N–H and O–H groups in total. The Hall–Kier alpha value is -3.74. The number of rotatable bonds is 7. The number of fused-ring (bicyclic) bond motifs is 3. The highest BCUT2D eigenvalue weighted by Crippen LogP contribution is 2.23. The van der Waals surface area contributed by atoms with Gasteiger partial charge in [0.25, 0.3) is 0 Å². The van der Waals surface area contributed by atoms with Crippen molar-refractivity contribution in [1.29, 1.82) is 0 Å². The third-order valence-electron chi connectivity index (χ3n) is 6.01. The topological polar surface area (TPSA) is 88.4 Å². The Kier molecular flexibility index (Phi) is 6.40. The van der Waals surface area contributed by atoms with Crippen molar-refractivity contribution in [2.24, 2.45) is 0 Å². The Morgan fingerprint density at radius 2 is 1.76 bits per heavy atom. The first kappa shape index (κ1) is 22.5. The van der Waals surface area contributed by atoms with Crippen molar-refractivity contribution in [3.63, 3.8) is 0 Å². The molecule has 4 aromatic rings. The molecule has 0 aliphatic heterocycles. The molecule has 2 aromatic heterocycles. The SMILES string of the molecule is CCC(=O)Nc1ccc(C(C)NC(=O)CCc2c(C)nc3c4ccccc4nn3c2C)cc1. The van der Waals surface area contributed by atoms with Crippen LogP contribution in [0.3, 0.4) is 0 Å². The van der Waals surface area contributed by atoms with Crippen LogP contribution < -0.4 is 10.6 Å². The van der Waals surface area contributed by atoms with Gasteiger partial charge in [-0.15, -0.1) is 0 Å². The molecule has 0 saturated carbocycles. The van der Waals surface area contributed by atoms with E-state index in [1.807, 2.05) is 80.7 Å². The molecule has 4 rings (SSSR count). The number of hydrogen-bond donors (Lipinski definition) is 2. The van der Waals surface area contributed by atoms with Crippen LogP contribution >= 0.6 is 0 Å². The van der Waals surface area contributed by atoms with Crippen LogP contribution in [0.5, 0.6) is 0 Å². The van der Waals surface area contributed by atoms with Gasteiger partial charge in [-0.1, -0.05) is 31.2 Å². The molecule has 0 aliphatic rings. The van der Waals surface area contributed by atoms with Gasteiger partial charge in [-0.25, -0.2) is 9.50 Å². The van der Waals surface area contributed by atoms with Crippen LogP contribution in [0, 0.1) is 13.8 Å². The number of nitrogens with zero attached hydrogens (tertiary/aromatic N) is 3. The second-order valence-electron chi connectivity index (χ2n) is 8.33. The van der Waals surface area contributed by atoms with E-state index in [2.05, 4.69) is 15.7 Å². The number of nitrogens with one attached hydrogen (secondary N) is 2. The zero-order chi connectivity index (χ0) is 23.5. The van der Waals surface area contributed by atoms with Crippen molar-refractivity contribution in [3.05, 3.63) is 71.0 Å². The third kappa shape index (κ3) is 4.72. The number of carbonyl (C=O) groups excluding carboxylic acids is 2. The van der Waals surface area contributed by atoms with Gasteiger partial charge < -0.3 is 10.6 Å². The van der Waals surface area contributed by atoms with Crippen LogP contribution in [0.4, 0.5) is 5.69 Å². The van der Waals surface area contributed by atoms with Crippen LogP contribution in [-0.2, 0) is 16.0 Å². The summed E-state index contributed by atoms with van der Waals surface area (Å²) in [5.41, 5.74) is 6.49. The fraction of sp³-hybridized carbons (Fsp3) is 0.308. The summed E-state index contributed by atoms with van der Waals surface area (Å²) in [4.78, 5) is 29.0. The average molecular weight is 444 g/mol. The lowest BCUT2D eigenvalue weighted by Crippen LogP contribution is -2.27. The molecule has 1 atom stereocenters. The number of carbonyl (C=O) groups is 2. The zero-order valence-electron chi connectivity index (χ0n) is 19.5. The van der Waals surface area contributed by atoms with Crippen molar-refractivity contribution in [1.82, 2.24) is 19.9 Å². The minimum Gasteiger partial charge on any atom is -0.350 e. The first-order valence-corrected chi connectivity index (χ1v) is 11.3. The van der Waals surface area contributed by atoms with Gasteiger partial charge in [-0.2, -0.15) is 5.10 Å². The van der Waals surface area contributed by atoms with E-state index in [1.54, 1.807) is 0 Å². The summed E-state index contributed by atoms with van der Waals surface area (Å²) in [7, 11) is 0. The van der Waals surface area contributed by atoms with E-state index in [1.165, 1.54) is 0 Å². The second kappa shape index (κ2) is 9.40. The summed E-state index contributed by atoms with van der Waals surface area (Å²) in [6, 6.07) is 15.4. The summed E-state index contributed by atoms with van der Waals surface area (Å²) in [6.45, 7) is 7.79. The fourth-order valence-electron chi connectivity index (χ4n) is 4.08. The van der Waals surface area contributed by atoms with E-state index in [9.17, 15) is 9.59 Å². The highest BCUT2D eigenvalue weighted by Gasteiger charge is 2.16. The van der Waals surface area contributed by atoms with E-state index in [4.69, 9.17) is 4.98 Å². The molecule has 2 amide bonds. The Bertz CT molecular complexity index is 1320. The maximum atomic E-state index is 12.7. The number of aromatic nitrogens is 3. The number of benzene rings is 2. The molecule has 33 heavy (non-hydrogen) atoms. The molecule has 0 spiro atoms. The van der Waals surface area contributed by atoms with Gasteiger partial charge >= 0.3 is 0 Å². The lowest BCUT2D eigenvalue weighted by molar-refractivity contribution is -0.121. The van der Waals surface area contributed by atoms with Crippen molar-refractivity contribution >= 4 is 34.1 Å². The molecule has 2 aromatic carbocycles. The molecular formula is C26H29N5O2. The van der Waals surface area contributed by atoms with Gasteiger partial charge in [0.05, 0.1) is 11.6 Å². The van der Waals surface area contributed by atoms with E-state index >= 15 is 0 Å². The van der Waals surface area contributed by atoms with Gasteiger partial charge in [0.2, 0.25) is 11.8 Å². The van der Waals surface area contributed by atoms with Crippen molar-refractivity contribution in [3.8, 4) is 0 Å². The Morgan fingerprint density at radius 3 is 2.48 bits per heavy atom. The van der Waals surface area contributed by atoms with Gasteiger partial charge in [0, 0.05) is 35.3 Å². The van der Waals surface area contributed by atoms with Crippen molar-refractivity contribution in [2.75, 3.05) is 5.32 Å². The molecule has 170 valence electrons. The number of anilines is 1. The van der Waals surface area contributed by atoms with Crippen LogP contribution in [-0.4, -0.2) is 26.4 Å². The first-order valence-electron chi connectivity index (χ1n) is 11.3. The predicted octanol–water partition coefficient (Wildman–Crippen LogP) is 4.66. The van der Waals surface area contributed by atoms with Crippen molar-refractivity contribution < 1.29 is 9.59 Å². The van der Waals surface area contributed by atoms with Crippen LogP contribution in [0.25, 0.3) is 16.6 Å². The van der Waals surface area contributed by atoms with Gasteiger partial charge in [-0.3, -0.25) is 9.59 Å². The molecule has 0 bridgehead atoms. The third-order valence-corrected chi connectivity index (χ3v) is 6.01. The quantitative estimate of drug-likeness (QED) is 0.435. The normalized spacial score (nSPS) is 12.1. The first-order chi connectivity index (χ1) is 15.9. The highest BCUT2D eigenvalue weighted by atomic mass is 16.2.